The van der Waals surface area contributed by atoms with Crippen LogP contribution >= 0.6 is 0 Å². The van der Waals surface area contributed by atoms with Gasteiger partial charge in [0.1, 0.15) is 11.6 Å². The molecule has 3 aromatic rings. The molecule has 1 spiro atoms. The minimum absolute atomic E-state index is 0.122. The molecule has 1 amide bonds. The number of halogens is 1. The van der Waals surface area contributed by atoms with E-state index in [2.05, 4.69) is 25.5 Å². The van der Waals surface area contributed by atoms with Gasteiger partial charge in [0.15, 0.2) is 0 Å². The van der Waals surface area contributed by atoms with Crippen molar-refractivity contribution in [2.45, 2.75) is 32.2 Å². The van der Waals surface area contributed by atoms with Gasteiger partial charge in [-0.15, -0.1) is 0 Å². The SMILES string of the molecule is N#Cc1cccc(F)c1-c1cc(Nc2ccc(N3CCC4(CC3)CC4)cn2)c2c(n1)CNC2=O. The molecule has 3 aliphatic rings. The first-order valence-electron chi connectivity index (χ1n) is 11.5. The number of nitriles is 1. The molecule has 0 bridgehead atoms. The summed E-state index contributed by atoms with van der Waals surface area (Å²) in [6.45, 7) is 2.36. The number of aromatic nitrogens is 2. The van der Waals surface area contributed by atoms with Crippen LogP contribution in [0.3, 0.4) is 0 Å². The van der Waals surface area contributed by atoms with Crippen molar-refractivity contribution >= 4 is 23.1 Å². The Morgan fingerprint density at radius 2 is 1.94 bits per heavy atom. The van der Waals surface area contributed by atoms with Crippen LogP contribution in [-0.2, 0) is 6.54 Å². The molecule has 1 saturated heterocycles. The van der Waals surface area contributed by atoms with Crippen LogP contribution in [-0.4, -0.2) is 29.0 Å². The number of anilines is 3. The predicted octanol–water partition coefficient (Wildman–Crippen LogP) is 4.52. The van der Waals surface area contributed by atoms with Gasteiger partial charge in [0.25, 0.3) is 5.91 Å². The molecule has 1 aliphatic carbocycles. The van der Waals surface area contributed by atoms with E-state index in [4.69, 9.17) is 0 Å². The smallest absolute Gasteiger partial charge is 0.255 e. The lowest BCUT2D eigenvalue weighted by Gasteiger charge is -2.33. The quantitative estimate of drug-likeness (QED) is 0.602. The van der Waals surface area contributed by atoms with Crippen LogP contribution in [0.1, 0.15) is 47.3 Å². The zero-order chi connectivity index (χ0) is 23.3. The van der Waals surface area contributed by atoms with Crippen molar-refractivity contribution in [3.63, 3.8) is 0 Å². The molecule has 1 aromatic carbocycles. The normalized spacial score (nSPS) is 17.8. The van der Waals surface area contributed by atoms with E-state index >= 15 is 0 Å². The van der Waals surface area contributed by atoms with Gasteiger partial charge in [0.2, 0.25) is 0 Å². The standard InChI is InChI=1S/C26H23FN6O/c27-18-3-1-2-16(13-28)23(18)19-12-20(24-21(31-19)15-30-25(24)34)32-22-5-4-17(14-29-22)33-10-8-26(6-7-26)9-11-33/h1-5,12,14H,6-11,15H2,(H,30,34)(H,29,31,32). The lowest BCUT2D eigenvalue weighted by Crippen LogP contribution is -2.34. The second kappa shape index (κ2) is 7.80. The number of rotatable bonds is 4. The molecule has 2 aromatic heterocycles. The zero-order valence-corrected chi connectivity index (χ0v) is 18.6. The van der Waals surface area contributed by atoms with Crippen LogP contribution < -0.4 is 15.5 Å². The van der Waals surface area contributed by atoms with Crippen molar-refractivity contribution < 1.29 is 9.18 Å². The van der Waals surface area contributed by atoms with E-state index < -0.39 is 5.82 Å². The molecular formula is C26H23FN6O. The summed E-state index contributed by atoms with van der Waals surface area (Å²) in [5.74, 6) is -0.205. The highest BCUT2D eigenvalue weighted by Crippen LogP contribution is 2.53. The van der Waals surface area contributed by atoms with E-state index in [0.717, 1.165) is 18.8 Å². The Kier molecular flexibility index (Phi) is 4.73. The maximum absolute atomic E-state index is 14.7. The van der Waals surface area contributed by atoms with Gasteiger partial charge < -0.3 is 15.5 Å². The number of carbonyl (C=O) groups excluding carboxylic acids is 1. The minimum Gasteiger partial charge on any atom is -0.370 e. The van der Waals surface area contributed by atoms with E-state index in [9.17, 15) is 14.4 Å². The van der Waals surface area contributed by atoms with E-state index in [1.54, 1.807) is 12.1 Å². The molecule has 0 unspecified atom stereocenters. The number of piperidine rings is 1. The highest BCUT2D eigenvalue weighted by molar-refractivity contribution is 6.04. The first-order valence-corrected chi connectivity index (χ1v) is 11.5. The zero-order valence-electron chi connectivity index (χ0n) is 18.6. The number of fused-ring (bicyclic) bond motifs is 1. The molecule has 2 fully saturated rings. The van der Waals surface area contributed by atoms with Crippen molar-refractivity contribution in [1.82, 2.24) is 15.3 Å². The summed E-state index contributed by atoms with van der Waals surface area (Å²) in [5.41, 5.74) is 3.72. The Balaban J connectivity index is 1.31. The summed E-state index contributed by atoms with van der Waals surface area (Å²) in [5, 5.41) is 15.5. The number of hydrogen-bond acceptors (Lipinski definition) is 6. The van der Waals surface area contributed by atoms with Gasteiger partial charge >= 0.3 is 0 Å². The Bertz CT molecular complexity index is 1330. The fourth-order valence-corrected chi connectivity index (χ4v) is 5.04. The molecule has 2 N–H and O–H groups in total. The average molecular weight is 455 g/mol. The van der Waals surface area contributed by atoms with Crippen LogP contribution in [0.5, 0.6) is 0 Å². The van der Waals surface area contributed by atoms with Crippen molar-refractivity contribution in [3.05, 3.63) is 65.2 Å². The average Bonchev–Trinajstić information content (AvgIpc) is 3.50. The number of benzene rings is 1. The molecule has 170 valence electrons. The number of carbonyl (C=O) groups is 1. The number of pyridine rings is 2. The molecule has 8 heteroatoms. The highest BCUT2D eigenvalue weighted by Gasteiger charge is 2.44. The molecule has 7 nitrogen and oxygen atoms in total. The number of hydrogen-bond donors (Lipinski definition) is 2. The summed E-state index contributed by atoms with van der Waals surface area (Å²) >= 11 is 0. The van der Waals surface area contributed by atoms with E-state index in [0.29, 0.717) is 33.9 Å². The topological polar surface area (TPSA) is 93.9 Å². The van der Waals surface area contributed by atoms with Crippen LogP contribution in [0.15, 0.2) is 42.6 Å². The van der Waals surface area contributed by atoms with Crippen LogP contribution in [0.25, 0.3) is 11.3 Å². The molecule has 6 rings (SSSR count). The van der Waals surface area contributed by atoms with Gasteiger partial charge in [-0.25, -0.2) is 14.4 Å². The van der Waals surface area contributed by atoms with Gasteiger partial charge in [-0.05, 0) is 61.4 Å². The third kappa shape index (κ3) is 3.54. The van der Waals surface area contributed by atoms with Crippen LogP contribution in [0.2, 0.25) is 0 Å². The third-order valence-electron chi connectivity index (χ3n) is 7.29. The van der Waals surface area contributed by atoms with Gasteiger partial charge in [-0.3, -0.25) is 4.79 Å². The summed E-state index contributed by atoms with van der Waals surface area (Å²) in [6.07, 6.45) is 7.08. The summed E-state index contributed by atoms with van der Waals surface area (Å²) in [7, 11) is 0. The second-order valence-electron chi connectivity index (χ2n) is 9.35. The molecular weight excluding hydrogens is 431 g/mol. The van der Waals surface area contributed by atoms with E-state index in [1.165, 1.54) is 37.8 Å². The number of nitrogens with one attached hydrogen (secondary N) is 2. The largest absolute Gasteiger partial charge is 0.370 e. The number of nitrogens with zero attached hydrogens (tertiary/aromatic N) is 4. The van der Waals surface area contributed by atoms with Gasteiger partial charge in [-0.2, -0.15) is 5.26 Å². The maximum atomic E-state index is 14.7. The molecule has 0 atom stereocenters. The summed E-state index contributed by atoms with van der Waals surface area (Å²) < 4.78 is 14.7. The minimum atomic E-state index is -0.535. The van der Waals surface area contributed by atoms with Crippen molar-refractivity contribution in [2.75, 3.05) is 23.3 Å². The molecule has 0 radical (unpaired) electrons. The molecule has 1 saturated carbocycles. The number of amides is 1. The second-order valence-corrected chi connectivity index (χ2v) is 9.35. The Hall–Kier alpha value is -3.99. The van der Waals surface area contributed by atoms with Crippen molar-refractivity contribution in [3.8, 4) is 17.3 Å². The lowest BCUT2D eigenvalue weighted by atomic mass is 9.93. The van der Waals surface area contributed by atoms with Gasteiger partial charge in [0.05, 0.1) is 58.3 Å². The highest BCUT2D eigenvalue weighted by atomic mass is 19.1. The molecule has 4 heterocycles. The fraction of sp³-hybridized carbons (Fsp3) is 0.308. The van der Waals surface area contributed by atoms with Gasteiger partial charge in [-0.1, -0.05) is 6.07 Å². The van der Waals surface area contributed by atoms with E-state index in [-0.39, 0.29) is 23.6 Å². The Morgan fingerprint density at radius 3 is 2.65 bits per heavy atom. The van der Waals surface area contributed by atoms with E-state index in [1.807, 2.05) is 24.4 Å². The van der Waals surface area contributed by atoms with Gasteiger partial charge in [0, 0.05) is 13.1 Å². The molecule has 34 heavy (non-hydrogen) atoms. The fourth-order valence-electron chi connectivity index (χ4n) is 5.04. The lowest BCUT2D eigenvalue weighted by molar-refractivity contribution is 0.0966. The maximum Gasteiger partial charge on any atom is 0.255 e. The summed E-state index contributed by atoms with van der Waals surface area (Å²) in [4.78, 5) is 23.9. The van der Waals surface area contributed by atoms with Crippen LogP contribution in [0, 0.1) is 22.6 Å². The first kappa shape index (κ1) is 20.6. The van der Waals surface area contributed by atoms with Crippen molar-refractivity contribution in [1.29, 1.82) is 5.26 Å². The third-order valence-corrected chi connectivity index (χ3v) is 7.29. The Labute approximate surface area is 196 Å². The monoisotopic (exact) mass is 454 g/mol. The van der Waals surface area contributed by atoms with Crippen molar-refractivity contribution in [2.24, 2.45) is 5.41 Å². The summed E-state index contributed by atoms with van der Waals surface area (Å²) in [6, 6.07) is 11.9. The van der Waals surface area contributed by atoms with Crippen LogP contribution in [0.4, 0.5) is 21.6 Å². The first-order chi connectivity index (χ1) is 16.5. The molecule has 2 aliphatic heterocycles. The Morgan fingerprint density at radius 1 is 1.12 bits per heavy atom. The predicted molar refractivity (Wildman–Crippen MR) is 126 cm³/mol.